The SMILES string of the molecule is COc1cc(NS(=O)(=O)c2ccc(NC(=S)NC(=O)C=Cc3cccs3)cc2)ncn1. The molecule has 0 aliphatic rings. The van der Waals surface area contributed by atoms with Gasteiger partial charge in [0.2, 0.25) is 11.8 Å². The van der Waals surface area contributed by atoms with Gasteiger partial charge in [-0.25, -0.2) is 18.4 Å². The summed E-state index contributed by atoms with van der Waals surface area (Å²) in [6.45, 7) is 0. The predicted molar refractivity (Wildman–Crippen MR) is 124 cm³/mol. The lowest BCUT2D eigenvalue weighted by atomic mass is 10.3. The molecule has 9 nitrogen and oxygen atoms in total. The summed E-state index contributed by atoms with van der Waals surface area (Å²) in [4.78, 5) is 20.6. The first-order chi connectivity index (χ1) is 14.9. The number of hydrogen-bond acceptors (Lipinski definition) is 8. The Hall–Kier alpha value is -3.35. The molecule has 1 amide bonds. The fraction of sp³-hybridized carbons (Fsp3) is 0.0526. The van der Waals surface area contributed by atoms with Crippen molar-refractivity contribution in [3.63, 3.8) is 0 Å². The van der Waals surface area contributed by atoms with Crippen LogP contribution >= 0.6 is 23.6 Å². The van der Waals surface area contributed by atoms with Gasteiger partial charge in [0.05, 0.1) is 12.0 Å². The third kappa shape index (κ3) is 6.57. The Kier molecular flexibility index (Phi) is 7.28. The van der Waals surface area contributed by atoms with Gasteiger partial charge in [-0.2, -0.15) is 0 Å². The molecule has 0 unspecified atom stereocenters. The number of thiophene rings is 1. The highest BCUT2D eigenvalue weighted by Gasteiger charge is 2.15. The molecule has 0 saturated heterocycles. The van der Waals surface area contributed by atoms with Gasteiger partial charge >= 0.3 is 0 Å². The molecule has 3 rings (SSSR count). The van der Waals surface area contributed by atoms with E-state index in [2.05, 4.69) is 25.3 Å². The van der Waals surface area contributed by atoms with Gasteiger partial charge in [0.1, 0.15) is 12.1 Å². The molecule has 31 heavy (non-hydrogen) atoms. The first-order valence-corrected chi connectivity index (χ1v) is 11.5. The van der Waals surface area contributed by atoms with Crippen LogP contribution in [0.2, 0.25) is 0 Å². The Morgan fingerprint density at radius 2 is 1.97 bits per heavy atom. The Balaban J connectivity index is 1.58. The molecule has 0 aliphatic carbocycles. The van der Waals surface area contributed by atoms with Crippen molar-refractivity contribution >= 4 is 62.2 Å². The summed E-state index contributed by atoms with van der Waals surface area (Å²) in [6.07, 6.45) is 4.25. The van der Waals surface area contributed by atoms with Crippen molar-refractivity contribution in [2.45, 2.75) is 4.90 Å². The number of carbonyl (C=O) groups is 1. The summed E-state index contributed by atoms with van der Waals surface area (Å²) in [5.41, 5.74) is 0.509. The predicted octanol–water partition coefficient (Wildman–Crippen LogP) is 2.87. The fourth-order valence-corrected chi connectivity index (χ4v) is 4.12. The van der Waals surface area contributed by atoms with E-state index in [0.29, 0.717) is 5.69 Å². The second-order valence-electron chi connectivity index (χ2n) is 5.87. The van der Waals surface area contributed by atoms with Gasteiger partial charge in [0.25, 0.3) is 10.0 Å². The molecule has 3 aromatic rings. The second-order valence-corrected chi connectivity index (χ2v) is 8.94. The lowest BCUT2D eigenvalue weighted by molar-refractivity contribution is -0.115. The number of nitrogens with one attached hydrogen (secondary N) is 3. The highest BCUT2D eigenvalue weighted by molar-refractivity contribution is 7.92. The zero-order valence-electron chi connectivity index (χ0n) is 16.1. The maximum Gasteiger partial charge on any atom is 0.263 e. The number of anilines is 2. The van der Waals surface area contributed by atoms with Gasteiger partial charge in [-0.05, 0) is 54.0 Å². The van der Waals surface area contributed by atoms with Gasteiger partial charge < -0.3 is 10.1 Å². The smallest absolute Gasteiger partial charge is 0.263 e. The highest BCUT2D eigenvalue weighted by atomic mass is 32.2. The molecule has 2 aromatic heterocycles. The van der Waals surface area contributed by atoms with Crippen LogP contribution in [0.25, 0.3) is 6.08 Å². The van der Waals surface area contributed by atoms with Gasteiger partial charge in [-0.1, -0.05) is 6.07 Å². The van der Waals surface area contributed by atoms with E-state index < -0.39 is 10.0 Å². The van der Waals surface area contributed by atoms with E-state index in [1.807, 2.05) is 17.5 Å². The summed E-state index contributed by atoms with van der Waals surface area (Å²) < 4.78 is 32.4. The standard InChI is InChI=1S/C19H17N5O4S3/c1-28-18-11-16(20-12-21-18)24-31(26,27)15-7-4-13(5-8-15)22-19(29)23-17(25)9-6-14-3-2-10-30-14/h2-12H,1H3,(H,20,21,24)(H2,22,23,25,29). The molecule has 0 saturated carbocycles. The third-order valence-corrected chi connectivity index (χ3v) is 6.10. The van der Waals surface area contributed by atoms with Crippen LogP contribution in [0.15, 0.2) is 65.1 Å². The minimum atomic E-state index is -3.87. The molecule has 0 atom stereocenters. The molecule has 0 aliphatic heterocycles. The Bertz CT molecular complexity index is 1190. The van der Waals surface area contributed by atoms with E-state index in [4.69, 9.17) is 17.0 Å². The molecule has 0 spiro atoms. The van der Waals surface area contributed by atoms with Crippen LogP contribution in [-0.2, 0) is 14.8 Å². The molecule has 0 radical (unpaired) electrons. The van der Waals surface area contributed by atoms with Crippen molar-refractivity contribution in [3.8, 4) is 5.88 Å². The molecular weight excluding hydrogens is 458 g/mol. The maximum atomic E-state index is 12.5. The van der Waals surface area contributed by atoms with Crippen molar-refractivity contribution in [2.24, 2.45) is 0 Å². The number of ether oxygens (including phenoxy) is 1. The Labute approximate surface area is 188 Å². The van der Waals surface area contributed by atoms with E-state index in [-0.39, 0.29) is 27.6 Å². The van der Waals surface area contributed by atoms with Crippen molar-refractivity contribution in [3.05, 3.63) is 65.1 Å². The molecule has 0 bridgehead atoms. The van der Waals surface area contributed by atoms with Crippen molar-refractivity contribution < 1.29 is 17.9 Å². The lowest BCUT2D eigenvalue weighted by Gasteiger charge is -2.10. The van der Waals surface area contributed by atoms with Gasteiger partial charge in [0.15, 0.2) is 5.11 Å². The van der Waals surface area contributed by atoms with E-state index in [1.165, 1.54) is 61.2 Å². The maximum absolute atomic E-state index is 12.5. The van der Waals surface area contributed by atoms with Gasteiger partial charge in [-0.3, -0.25) is 14.8 Å². The summed E-state index contributed by atoms with van der Waals surface area (Å²) in [6, 6.07) is 11.0. The number of carbonyl (C=O) groups excluding carboxylic acids is 1. The molecule has 12 heteroatoms. The zero-order valence-corrected chi connectivity index (χ0v) is 18.6. The van der Waals surface area contributed by atoms with E-state index in [0.717, 1.165) is 4.88 Å². The largest absolute Gasteiger partial charge is 0.481 e. The monoisotopic (exact) mass is 475 g/mol. The van der Waals surface area contributed by atoms with E-state index in [1.54, 1.807) is 6.08 Å². The number of hydrogen-bond donors (Lipinski definition) is 3. The van der Waals surface area contributed by atoms with Crippen LogP contribution in [-0.4, -0.2) is 36.5 Å². The van der Waals surface area contributed by atoms with Crippen LogP contribution in [0.3, 0.4) is 0 Å². The molecule has 2 heterocycles. The minimum absolute atomic E-state index is 0.0180. The van der Waals surface area contributed by atoms with Crippen LogP contribution < -0.4 is 20.1 Å². The summed E-state index contributed by atoms with van der Waals surface area (Å²) in [7, 11) is -2.45. The zero-order chi connectivity index (χ0) is 22.3. The lowest BCUT2D eigenvalue weighted by Crippen LogP contribution is -2.32. The minimum Gasteiger partial charge on any atom is -0.481 e. The van der Waals surface area contributed by atoms with Crippen LogP contribution in [0.1, 0.15) is 4.88 Å². The van der Waals surface area contributed by atoms with E-state index in [9.17, 15) is 13.2 Å². The van der Waals surface area contributed by atoms with Gasteiger partial charge in [0, 0.05) is 22.7 Å². The Morgan fingerprint density at radius 3 is 2.65 bits per heavy atom. The second kappa shape index (κ2) is 10.1. The first-order valence-electron chi connectivity index (χ1n) is 8.68. The molecule has 3 N–H and O–H groups in total. The van der Waals surface area contributed by atoms with Gasteiger partial charge in [-0.15, -0.1) is 11.3 Å². The molecule has 1 aromatic carbocycles. The number of methoxy groups -OCH3 is 1. The Morgan fingerprint density at radius 1 is 1.19 bits per heavy atom. The number of amides is 1. The van der Waals surface area contributed by atoms with Crippen LogP contribution in [0, 0.1) is 0 Å². The molecule has 160 valence electrons. The quantitative estimate of drug-likeness (QED) is 0.352. The van der Waals surface area contributed by atoms with Crippen LogP contribution in [0.4, 0.5) is 11.5 Å². The number of rotatable bonds is 7. The highest BCUT2D eigenvalue weighted by Crippen LogP contribution is 2.18. The third-order valence-electron chi connectivity index (χ3n) is 3.69. The average molecular weight is 476 g/mol. The van der Waals surface area contributed by atoms with Crippen LogP contribution in [0.5, 0.6) is 5.88 Å². The van der Waals surface area contributed by atoms with Crippen molar-refractivity contribution in [1.29, 1.82) is 0 Å². The van der Waals surface area contributed by atoms with Crippen molar-refractivity contribution in [2.75, 3.05) is 17.1 Å². The number of aromatic nitrogens is 2. The summed E-state index contributed by atoms with van der Waals surface area (Å²) in [5.74, 6) is -0.0730. The summed E-state index contributed by atoms with van der Waals surface area (Å²) in [5, 5.41) is 7.34. The number of nitrogens with zero attached hydrogens (tertiary/aromatic N) is 2. The molecule has 0 fully saturated rings. The fourth-order valence-electron chi connectivity index (χ4n) is 2.28. The average Bonchev–Trinajstić information content (AvgIpc) is 3.26. The van der Waals surface area contributed by atoms with E-state index >= 15 is 0 Å². The first kappa shape index (κ1) is 22.3. The number of benzene rings is 1. The number of thiocarbonyl (C=S) groups is 1. The summed E-state index contributed by atoms with van der Waals surface area (Å²) >= 11 is 6.62. The normalized spacial score (nSPS) is 11.1. The van der Waals surface area contributed by atoms with Crippen molar-refractivity contribution in [1.82, 2.24) is 15.3 Å². The topological polar surface area (TPSA) is 122 Å². The molecular formula is C19H17N5O4S3. The number of sulfonamides is 1.